The number of rotatable bonds is 6. The van der Waals surface area contributed by atoms with Crippen LogP contribution < -0.4 is 10.6 Å². The molecule has 0 aliphatic carbocycles. The molecule has 1 aliphatic heterocycles. The maximum atomic E-state index is 11.7. The zero-order valence-electron chi connectivity index (χ0n) is 11.6. The molecule has 2 amide bonds. The second kappa shape index (κ2) is 10.6. The van der Waals surface area contributed by atoms with Gasteiger partial charge in [0, 0.05) is 0 Å². The van der Waals surface area contributed by atoms with Crippen LogP contribution in [0.25, 0.3) is 0 Å². The fraction of sp³-hybridized carbons (Fsp3) is 0.833. The number of hydrogen-bond donors (Lipinski definition) is 2. The van der Waals surface area contributed by atoms with Gasteiger partial charge in [0.25, 0.3) is 0 Å². The molecule has 1 heterocycles. The second-order valence-electron chi connectivity index (χ2n) is 3.69. The average molecular weight is 292 g/mol. The maximum Gasteiger partial charge on any atom is 0.243 e. The number of hydrogen-bond acceptors (Lipinski definition) is 4. The molecule has 1 aliphatic rings. The third-order valence-corrected chi connectivity index (χ3v) is 3.78. The van der Waals surface area contributed by atoms with Gasteiger partial charge in [0.15, 0.2) is 0 Å². The summed E-state index contributed by atoms with van der Waals surface area (Å²) in [6.45, 7) is 4.00. The van der Waals surface area contributed by atoms with E-state index in [-0.39, 0.29) is 23.9 Å². The Morgan fingerprint density at radius 3 is 1.50 bits per heavy atom. The van der Waals surface area contributed by atoms with Gasteiger partial charge in [-0.05, 0) is 36.9 Å². The highest BCUT2D eigenvalue weighted by Crippen LogP contribution is 2.09. The van der Waals surface area contributed by atoms with Crippen LogP contribution in [0.4, 0.5) is 0 Å². The number of amides is 2. The highest BCUT2D eigenvalue weighted by atomic mass is 32.2. The van der Waals surface area contributed by atoms with E-state index in [9.17, 15) is 9.59 Å². The van der Waals surface area contributed by atoms with Crippen LogP contribution >= 0.6 is 23.5 Å². The molecule has 1 unspecified atom stereocenters. The molecule has 0 aromatic heterocycles. The lowest BCUT2D eigenvalue weighted by Crippen LogP contribution is -2.61. The summed E-state index contributed by atoms with van der Waals surface area (Å²) in [4.78, 5) is 23.4. The summed E-state index contributed by atoms with van der Waals surface area (Å²) in [5, 5.41) is 5.57. The predicted molar refractivity (Wildman–Crippen MR) is 81.2 cm³/mol. The minimum Gasteiger partial charge on any atom is -0.342 e. The monoisotopic (exact) mass is 292 g/mol. The Kier molecular flexibility index (Phi) is 10.3. The highest BCUT2D eigenvalue weighted by Gasteiger charge is 2.32. The fourth-order valence-electron chi connectivity index (χ4n) is 1.55. The Morgan fingerprint density at radius 2 is 1.22 bits per heavy atom. The maximum absolute atomic E-state index is 11.7. The molecule has 2 N–H and O–H groups in total. The summed E-state index contributed by atoms with van der Waals surface area (Å²) >= 11 is 3.36. The van der Waals surface area contributed by atoms with E-state index >= 15 is 0 Å². The molecule has 0 radical (unpaired) electrons. The van der Waals surface area contributed by atoms with Crippen molar-refractivity contribution in [2.24, 2.45) is 0 Å². The first-order valence-corrected chi connectivity index (χ1v) is 9.06. The molecule has 6 heteroatoms. The van der Waals surface area contributed by atoms with Crippen LogP contribution in [0, 0.1) is 0 Å². The van der Waals surface area contributed by atoms with Crippen molar-refractivity contribution < 1.29 is 9.59 Å². The van der Waals surface area contributed by atoms with E-state index in [0.29, 0.717) is 12.8 Å². The van der Waals surface area contributed by atoms with Crippen LogP contribution in [0.5, 0.6) is 0 Å². The van der Waals surface area contributed by atoms with Crippen LogP contribution in [0.15, 0.2) is 0 Å². The molecule has 18 heavy (non-hydrogen) atoms. The lowest BCUT2D eigenvalue weighted by Gasteiger charge is -2.29. The summed E-state index contributed by atoms with van der Waals surface area (Å²) < 4.78 is 0. The number of carbonyl (C=O) groups excluding carboxylic acids is 2. The highest BCUT2D eigenvalue weighted by molar-refractivity contribution is 7.98. The summed E-state index contributed by atoms with van der Waals surface area (Å²) in [5.41, 5.74) is 0. The Bertz CT molecular complexity index is 236. The van der Waals surface area contributed by atoms with Crippen LogP contribution in [-0.4, -0.2) is 47.9 Å². The van der Waals surface area contributed by atoms with Crippen molar-refractivity contribution >= 4 is 35.3 Å². The van der Waals surface area contributed by atoms with Crippen LogP contribution in [-0.2, 0) is 9.59 Å². The number of nitrogens with one attached hydrogen (secondary N) is 2. The third-order valence-electron chi connectivity index (χ3n) is 2.49. The van der Waals surface area contributed by atoms with Crippen molar-refractivity contribution in [3.05, 3.63) is 0 Å². The van der Waals surface area contributed by atoms with Gasteiger partial charge < -0.3 is 10.6 Å². The van der Waals surface area contributed by atoms with E-state index in [0.717, 1.165) is 11.5 Å². The molecule has 0 aromatic rings. The molecular weight excluding hydrogens is 268 g/mol. The molecule has 106 valence electrons. The normalized spacial score (nSPS) is 22.7. The number of piperazine rings is 1. The van der Waals surface area contributed by atoms with E-state index < -0.39 is 0 Å². The van der Waals surface area contributed by atoms with E-state index in [1.54, 1.807) is 23.5 Å². The Hall–Kier alpha value is -0.360. The van der Waals surface area contributed by atoms with Crippen molar-refractivity contribution in [3.8, 4) is 0 Å². The number of carbonyl (C=O) groups is 2. The quantitative estimate of drug-likeness (QED) is 0.779. The standard InChI is InChI=1S/C10H18N2O2S2.C2H6/c1-15-5-3-7-9(13)12-8(4-6-16-2)10(14)11-7;1-2/h7-8H,3-6H2,1-2H3,(H,11,14)(H,12,13);1-2H3/t7-,8?;/m1./s1. The van der Waals surface area contributed by atoms with Crippen molar-refractivity contribution in [1.29, 1.82) is 0 Å². The Balaban J connectivity index is 0.00000137. The van der Waals surface area contributed by atoms with Crippen molar-refractivity contribution in [2.45, 2.75) is 38.8 Å². The van der Waals surface area contributed by atoms with E-state index in [2.05, 4.69) is 10.6 Å². The summed E-state index contributed by atoms with van der Waals surface area (Å²) in [7, 11) is 0. The largest absolute Gasteiger partial charge is 0.342 e. The average Bonchev–Trinajstić information content (AvgIpc) is 2.40. The minimum atomic E-state index is -0.342. The molecule has 1 saturated heterocycles. The zero-order valence-corrected chi connectivity index (χ0v) is 13.2. The van der Waals surface area contributed by atoms with Gasteiger partial charge in [0.1, 0.15) is 12.1 Å². The molecule has 4 nitrogen and oxygen atoms in total. The van der Waals surface area contributed by atoms with Crippen molar-refractivity contribution in [1.82, 2.24) is 10.6 Å². The van der Waals surface area contributed by atoms with Crippen molar-refractivity contribution in [2.75, 3.05) is 24.0 Å². The van der Waals surface area contributed by atoms with Gasteiger partial charge in [-0.2, -0.15) is 23.5 Å². The van der Waals surface area contributed by atoms with Crippen LogP contribution in [0.3, 0.4) is 0 Å². The van der Waals surface area contributed by atoms with Gasteiger partial charge in [-0.25, -0.2) is 0 Å². The molecule has 0 bridgehead atoms. The lowest BCUT2D eigenvalue weighted by atomic mass is 10.1. The van der Waals surface area contributed by atoms with Gasteiger partial charge in [-0.1, -0.05) is 13.8 Å². The topological polar surface area (TPSA) is 58.2 Å². The van der Waals surface area contributed by atoms with Gasteiger partial charge >= 0.3 is 0 Å². The molecule has 2 atom stereocenters. The molecular formula is C12H24N2O2S2. The Morgan fingerprint density at radius 1 is 0.889 bits per heavy atom. The van der Waals surface area contributed by atoms with Gasteiger partial charge in [-0.15, -0.1) is 0 Å². The van der Waals surface area contributed by atoms with Gasteiger partial charge in [0.05, 0.1) is 0 Å². The summed E-state index contributed by atoms with van der Waals surface area (Å²) in [5.74, 6) is 1.68. The SMILES string of the molecule is CC.CSCCC1NC(=O)[C@@H](CCSC)NC1=O. The smallest absolute Gasteiger partial charge is 0.243 e. The molecule has 0 aromatic carbocycles. The lowest BCUT2D eigenvalue weighted by molar-refractivity contribution is -0.136. The molecule has 0 spiro atoms. The molecule has 0 saturated carbocycles. The number of thioether (sulfide) groups is 2. The first-order valence-electron chi connectivity index (χ1n) is 6.27. The van der Waals surface area contributed by atoms with Crippen LogP contribution in [0.2, 0.25) is 0 Å². The third kappa shape index (κ3) is 6.00. The van der Waals surface area contributed by atoms with E-state index in [1.807, 2.05) is 26.4 Å². The van der Waals surface area contributed by atoms with E-state index in [1.165, 1.54) is 0 Å². The predicted octanol–water partition coefficient (Wildman–Crippen LogP) is 1.50. The summed E-state index contributed by atoms with van der Waals surface area (Å²) in [6, 6.07) is -0.684. The van der Waals surface area contributed by atoms with Gasteiger partial charge in [0.2, 0.25) is 11.8 Å². The first-order chi connectivity index (χ1) is 8.69. The summed E-state index contributed by atoms with van der Waals surface area (Å²) in [6.07, 6.45) is 5.38. The molecule has 1 fully saturated rings. The van der Waals surface area contributed by atoms with Crippen LogP contribution in [0.1, 0.15) is 26.7 Å². The molecule has 1 rings (SSSR count). The minimum absolute atomic E-state index is 0.0419. The van der Waals surface area contributed by atoms with Crippen molar-refractivity contribution in [3.63, 3.8) is 0 Å². The second-order valence-corrected chi connectivity index (χ2v) is 5.66. The van der Waals surface area contributed by atoms with Gasteiger partial charge in [-0.3, -0.25) is 9.59 Å². The fourth-order valence-corrected chi connectivity index (χ4v) is 2.50. The first kappa shape index (κ1) is 17.6. The zero-order chi connectivity index (χ0) is 14.0. The van der Waals surface area contributed by atoms with E-state index in [4.69, 9.17) is 0 Å². The Labute approximate surface area is 118 Å².